The van der Waals surface area contributed by atoms with Crippen molar-refractivity contribution in [2.24, 2.45) is 0 Å². The van der Waals surface area contributed by atoms with E-state index in [1.54, 1.807) is 6.92 Å². The number of benzene rings is 2. The first-order valence-electron chi connectivity index (χ1n) is 9.46. The highest BCUT2D eigenvalue weighted by Gasteiger charge is 2.37. The first-order chi connectivity index (χ1) is 12.2. The minimum Gasteiger partial charge on any atom is -0.355 e. The summed E-state index contributed by atoms with van der Waals surface area (Å²) in [5.74, 6) is 0.104. The molecule has 1 aromatic heterocycles. The highest BCUT2D eigenvalue weighted by Crippen LogP contribution is 2.46. The molecule has 0 aliphatic heterocycles. The van der Waals surface area contributed by atoms with E-state index < -0.39 is 0 Å². The number of ketones is 1. The van der Waals surface area contributed by atoms with Crippen LogP contribution in [0.15, 0.2) is 42.5 Å². The van der Waals surface area contributed by atoms with Crippen LogP contribution >= 0.6 is 0 Å². The molecule has 0 saturated carbocycles. The molecule has 1 aliphatic carbocycles. The summed E-state index contributed by atoms with van der Waals surface area (Å²) in [6.45, 7) is 11.0. The number of carbonyl (C=O) groups is 1. The molecule has 0 amide bonds. The second kappa shape index (κ2) is 5.57. The molecular formula is C24H27NO. The van der Waals surface area contributed by atoms with Crippen LogP contribution in [0.2, 0.25) is 0 Å². The van der Waals surface area contributed by atoms with E-state index in [2.05, 4.69) is 56.9 Å². The summed E-state index contributed by atoms with van der Waals surface area (Å²) in [7, 11) is 0. The number of carbonyl (C=O) groups excluding carboxylic acids is 1. The van der Waals surface area contributed by atoms with Crippen molar-refractivity contribution in [1.82, 2.24) is 4.98 Å². The fourth-order valence-electron chi connectivity index (χ4n) is 4.26. The zero-order chi connectivity index (χ0) is 18.7. The summed E-state index contributed by atoms with van der Waals surface area (Å²) in [5, 5.41) is 1.09. The Hall–Kier alpha value is -2.35. The minimum absolute atomic E-state index is 0.104. The van der Waals surface area contributed by atoms with Gasteiger partial charge in [0.25, 0.3) is 0 Å². The molecule has 0 radical (unpaired) electrons. The topological polar surface area (TPSA) is 32.9 Å². The van der Waals surface area contributed by atoms with Gasteiger partial charge in [-0.05, 0) is 77.6 Å². The summed E-state index contributed by atoms with van der Waals surface area (Å²) in [6.07, 6.45) is 2.44. The number of fused-ring (bicyclic) bond motifs is 2. The molecule has 4 rings (SSSR count). The van der Waals surface area contributed by atoms with Crippen molar-refractivity contribution >= 4 is 16.7 Å². The molecule has 26 heavy (non-hydrogen) atoms. The number of nitrogens with one attached hydrogen (secondary N) is 1. The van der Waals surface area contributed by atoms with Crippen LogP contribution in [-0.2, 0) is 10.8 Å². The van der Waals surface area contributed by atoms with Gasteiger partial charge in [0.2, 0.25) is 0 Å². The summed E-state index contributed by atoms with van der Waals surface area (Å²) < 4.78 is 0. The Kier molecular flexibility index (Phi) is 3.66. The Labute approximate surface area is 155 Å². The Morgan fingerprint density at radius 1 is 0.885 bits per heavy atom. The lowest BCUT2D eigenvalue weighted by atomic mass is 9.63. The van der Waals surface area contributed by atoms with E-state index in [9.17, 15) is 4.79 Å². The molecule has 0 bridgehead atoms. The van der Waals surface area contributed by atoms with Gasteiger partial charge in [-0.1, -0.05) is 39.8 Å². The van der Waals surface area contributed by atoms with Crippen molar-refractivity contribution in [1.29, 1.82) is 0 Å². The predicted octanol–water partition coefficient (Wildman–Crippen LogP) is 6.39. The van der Waals surface area contributed by atoms with Crippen LogP contribution in [0.25, 0.3) is 22.2 Å². The van der Waals surface area contributed by atoms with E-state index in [1.807, 2.05) is 18.2 Å². The normalized spacial score (nSPS) is 17.9. The molecule has 3 aromatic rings. The van der Waals surface area contributed by atoms with E-state index >= 15 is 0 Å². The van der Waals surface area contributed by atoms with E-state index in [0.29, 0.717) is 0 Å². The highest BCUT2D eigenvalue weighted by atomic mass is 16.1. The quantitative estimate of drug-likeness (QED) is 0.537. The van der Waals surface area contributed by atoms with Crippen LogP contribution in [-0.4, -0.2) is 10.8 Å². The minimum atomic E-state index is 0.104. The van der Waals surface area contributed by atoms with Crippen molar-refractivity contribution in [3.8, 4) is 11.3 Å². The number of rotatable bonds is 2. The van der Waals surface area contributed by atoms with Gasteiger partial charge in [0.1, 0.15) is 0 Å². The molecule has 134 valence electrons. The Balaban J connectivity index is 1.84. The van der Waals surface area contributed by atoms with E-state index in [1.165, 1.54) is 29.5 Å². The molecule has 1 N–H and O–H groups in total. The van der Waals surface area contributed by atoms with Gasteiger partial charge < -0.3 is 4.98 Å². The summed E-state index contributed by atoms with van der Waals surface area (Å²) in [5.41, 5.74) is 7.55. The van der Waals surface area contributed by atoms with E-state index in [4.69, 9.17) is 0 Å². The largest absolute Gasteiger partial charge is 0.355 e. The zero-order valence-electron chi connectivity index (χ0n) is 16.4. The maximum absolute atomic E-state index is 11.6. The third kappa shape index (κ3) is 2.68. The molecule has 2 heteroatoms. The van der Waals surface area contributed by atoms with Gasteiger partial charge in [-0.2, -0.15) is 0 Å². The number of H-pyrrole nitrogens is 1. The molecular weight excluding hydrogens is 318 g/mol. The summed E-state index contributed by atoms with van der Waals surface area (Å²) in [6, 6.07) is 14.9. The molecule has 0 spiro atoms. The van der Waals surface area contributed by atoms with Gasteiger partial charge in [0.15, 0.2) is 5.78 Å². The maximum atomic E-state index is 11.6. The monoisotopic (exact) mass is 345 g/mol. The molecule has 0 atom stereocenters. The van der Waals surface area contributed by atoms with Crippen molar-refractivity contribution in [3.05, 3.63) is 59.2 Å². The first kappa shape index (κ1) is 17.1. The molecule has 1 heterocycles. The van der Waals surface area contributed by atoms with Crippen molar-refractivity contribution in [2.45, 2.75) is 58.3 Å². The Morgan fingerprint density at radius 3 is 2.27 bits per heavy atom. The fraction of sp³-hybridized carbons (Fsp3) is 0.375. The number of aromatic amines is 1. The van der Waals surface area contributed by atoms with Gasteiger partial charge in [0, 0.05) is 22.2 Å². The second-order valence-electron chi connectivity index (χ2n) is 9.07. The average molecular weight is 345 g/mol. The van der Waals surface area contributed by atoms with Crippen LogP contribution in [0.5, 0.6) is 0 Å². The van der Waals surface area contributed by atoms with Crippen LogP contribution in [0.1, 0.15) is 68.9 Å². The van der Waals surface area contributed by atoms with Crippen molar-refractivity contribution in [2.75, 3.05) is 0 Å². The molecule has 0 unspecified atom stereocenters. The van der Waals surface area contributed by atoms with E-state index in [0.717, 1.165) is 22.2 Å². The van der Waals surface area contributed by atoms with Gasteiger partial charge >= 0.3 is 0 Å². The number of aromatic nitrogens is 1. The molecule has 0 fully saturated rings. The smallest absolute Gasteiger partial charge is 0.159 e. The van der Waals surface area contributed by atoms with Crippen LogP contribution in [0, 0.1) is 0 Å². The SMILES string of the molecule is CC(=O)c1ccc2[nH]c(-c3ccc4c(c3)C(C)(C)CCC4(C)C)cc2c1. The van der Waals surface area contributed by atoms with Gasteiger partial charge in [-0.25, -0.2) is 0 Å². The number of hydrogen-bond donors (Lipinski definition) is 1. The number of hydrogen-bond acceptors (Lipinski definition) is 1. The lowest BCUT2D eigenvalue weighted by Gasteiger charge is -2.42. The van der Waals surface area contributed by atoms with Crippen LogP contribution < -0.4 is 0 Å². The van der Waals surface area contributed by atoms with Crippen molar-refractivity contribution < 1.29 is 4.79 Å². The zero-order valence-corrected chi connectivity index (χ0v) is 16.4. The summed E-state index contributed by atoms with van der Waals surface area (Å²) in [4.78, 5) is 15.2. The lowest BCUT2D eigenvalue weighted by molar-refractivity contribution is 0.101. The van der Waals surface area contributed by atoms with Crippen molar-refractivity contribution in [3.63, 3.8) is 0 Å². The van der Waals surface area contributed by atoms with Crippen LogP contribution in [0.3, 0.4) is 0 Å². The fourth-order valence-corrected chi connectivity index (χ4v) is 4.26. The molecule has 2 nitrogen and oxygen atoms in total. The molecule has 0 saturated heterocycles. The third-order valence-corrected chi connectivity index (χ3v) is 6.19. The van der Waals surface area contributed by atoms with Gasteiger partial charge in [-0.15, -0.1) is 0 Å². The average Bonchev–Trinajstić information content (AvgIpc) is 3.02. The highest BCUT2D eigenvalue weighted by molar-refractivity contribution is 5.98. The Morgan fingerprint density at radius 2 is 1.58 bits per heavy atom. The molecule has 2 aromatic carbocycles. The maximum Gasteiger partial charge on any atom is 0.159 e. The second-order valence-corrected chi connectivity index (χ2v) is 9.07. The third-order valence-electron chi connectivity index (χ3n) is 6.19. The Bertz CT molecular complexity index is 1020. The lowest BCUT2D eigenvalue weighted by Crippen LogP contribution is -2.33. The van der Waals surface area contributed by atoms with Gasteiger partial charge in [0.05, 0.1) is 0 Å². The molecule has 1 aliphatic rings. The number of Topliss-reactive ketones (excluding diaryl/α,β-unsaturated/α-hetero) is 1. The van der Waals surface area contributed by atoms with Gasteiger partial charge in [-0.3, -0.25) is 4.79 Å². The van der Waals surface area contributed by atoms with E-state index in [-0.39, 0.29) is 16.6 Å². The predicted molar refractivity (Wildman–Crippen MR) is 109 cm³/mol. The van der Waals surface area contributed by atoms with Crippen LogP contribution in [0.4, 0.5) is 0 Å². The standard InChI is InChI=1S/C24H27NO/c1-15(26)16-7-9-21-18(12-16)14-22(25-21)17-6-8-19-20(13-17)24(4,5)11-10-23(19,2)3/h6-9,12-14,25H,10-11H2,1-5H3. The summed E-state index contributed by atoms with van der Waals surface area (Å²) >= 11 is 0. The first-order valence-corrected chi connectivity index (χ1v) is 9.46.